The van der Waals surface area contributed by atoms with E-state index < -0.39 is 11.9 Å². The molecule has 1 fully saturated rings. The molecule has 0 unspecified atom stereocenters. The van der Waals surface area contributed by atoms with Crippen molar-refractivity contribution in [3.05, 3.63) is 35.0 Å². The molecule has 2 heterocycles. The number of amides is 1. The molecule has 0 aliphatic carbocycles. The summed E-state index contributed by atoms with van der Waals surface area (Å²) in [6.07, 6.45) is 3.45. The van der Waals surface area contributed by atoms with Gasteiger partial charge in [0.05, 0.1) is 12.3 Å². The molecular weight excluding hydrogens is 304 g/mol. The van der Waals surface area contributed by atoms with Gasteiger partial charge in [-0.1, -0.05) is 11.6 Å². The second-order valence-electron chi connectivity index (χ2n) is 5.70. The molecular formula is C16H17ClN2O3. The Hall–Kier alpha value is -2.01. The third-order valence-electron chi connectivity index (χ3n) is 4.19. The van der Waals surface area contributed by atoms with Crippen molar-refractivity contribution in [3.63, 3.8) is 0 Å². The highest BCUT2D eigenvalue weighted by molar-refractivity contribution is 6.31. The fourth-order valence-electron chi connectivity index (χ4n) is 2.98. The molecule has 1 aliphatic rings. The van der Waals surface area contributed by atoms with Gasteiger partial charge in [0.25, 0.3) is 0 Å². The van der Waals surface area contributed by atoms with E-state index in [2.05, 4.69) is 4.98 Å². The number of aromatic nitrogens is 1. The van der Waals surface area contributed by atoms with E-state index in [1.54, 1.807) is 11.0 Å². The van der Waals surface area contributed by atoms with Gasteiger partial charge < -0.3 is 15.0 Å². The summed E-state index contributed by atoms with van der Waals surface area (Å²) in [5.41, 5.74) is 1.83. The summed E-state index contributed by atoms with van der Waals surface area (Å²) in [4.78, 5) is 28.3. The lowest BCUT2D eigenvalue weighted by molar-refractivity contribution is -0.145. The minimum atomic E-state index is -0.823. The van der Waals surface area contributed by atoms with E-state index >= 15 is 0 Å². The first-order valence-electron chi connectivity index (χ1n) is 7.30. The van der Waals surface area contributed by atoms with Crippen LogP contribution in [0.15, 0.2) is 24.4 Å². The highest BCUT2D eigenvalue weighted by Gasteiger charge is 2.28. The highest BCUT2D eigenvalue weighted by Crippen LogP contribution is 2.24. The molecule has 116 valence electrons. The summed E-state index contributed by atoms with van der Waals surface area (Å²) in [5.74, 6) is -1.31. The molecule has 5 nitrogen and oxygen atoms in total. The molecule has 2 N–H and O–H groups in total. The molecule has 1 atom stereocenters. The maximum atomic E-state index is 12.4. The number of nitrogens with zero attached hydrogens (tertiary/aromatic N) is 1. The van der Waals surface area contributed by atoms with Gasteiger partial charge in [-0.25, -0.2) is 0 Å². The third kappa shape index (κ3) is 2.95. The quantitative estimate of drug-likeness (QED) is 0.913. The van der Waals surface area contributed by atoms with E-state index in [9.17, 15) is 9.59 Å². The number of benzene rings is 1. The predicted molar refractivity (Wildman–Crippen MR) is 84.0 cm³/mol. The number of carbonyl (C=O) groups excluding carboxylic acids is 1. The van der Waals surface area contributed by atoms with Crippen LogP contribution in [0.4, 0.5) is 0 Å². The normalized spacial score (nSPS) is 18.6. The number of hydrogen-bond donors (Lipinski definition) is 2. The lowest BCUT2D eigenvalue weighted by atomic mass is 9.97. The molecule has 6 heteroatoms. The van der Waals surface area contributed by atoms with Crippen molar-refractivity contribution in [2.24, 2.45) is 5.92 Å². The van der Waals surface area contributed by atoms with Gasteiger partial charge in [0, 0.05) is 35.2 Å². The molecule has 3 rings (SSSR count). The zero-order chi connectivity index (χ0) is 15.7. The molecule has 1 aromatic carbocycles. The molecule has 0 saturated carbocycles. The minimum Gasteiger partial charge on any atom is -0.481 e. The van der Waals surface area contributed by atoms with Crippen LogP contribution in [0.5, 0.6) is 0 Å². The largest absolute Gasteiger partial charge is 0.481 e. The molecule has 0 spiro atoms. The maximum absolute atomic E-state index is 12.4. The first-order valence-corrected chi connectivity index (χ1v) is 7.68. The van der Waals surface area contributed by atoms with Crippen LogP contribution in [0.3, 0.4) is 0 Å². The molecule has 1 aliphatic heterocycles. The van der Waals surface area contributed by atoms with Crippen LogP contribution in [0.2, 0.25) is 5.02 Å². The summed E-state index contributed by atoms with van der Waals surface area (Å²) < 4.78 is 0. The number of carbonyl (C=O) groups is 2. The van der Waals surface area contributed by atoms with Crippen molar-refractivity contribution >= 4 is 34.4 Å². The van der Waals surface area contributed by atoms with E-state index in [-0.39, 0.29) is 12.3 Å². The number of nitrogens with one attached hydrogen (secondary N) is 1. The van der Waals surface area contributed by atoms with E-state index in [1.165, 1.54) is 0 Å². The number of halogens is 1. The smallest absolute Gasteiger partial charge is 0.308 e. The number of aliphatic carboxylic acids is 1. The van der Waals surface area contributed by atoms with E-state index in [0.29, 0.717) is 24.5 Å². The third-order valence-corrected chi connectivity index (χ3v) is 4.43. The zero-order valence-electron chi connectivity index (χ0n) is 12.0. The Bertz CT molecular complexity index is 725. The summed E-state index contributed by atoms with van der Waals surface area (Å²) in [6, 6.07) is 5.52. The minimum absolute atomic E-state index is 0.0353. The predicted octanol–water partition coefficient (Wildman–Crippen LogP) is 2.69. The Balaban J connectivity index is 1.75. The fourth-order valence-corrected chi connectivity index (χ4v) is 3.15. The van der Waals surface area contributed by atoms with Gasteiger partial charge in [-0.2, -0.15) is 0 Å². The fraction of sp³-hybridized carbons (Fsp3) is 0.375. The Morgan fingerprint density at radius 1 is 1.41 bits per heavy atom. The van der Waals surface area contributed by atoms with Crippen LogP contribution < -0.4 is 0 Å². The zero-order valence-corrected chi connectivity index (χ0v) is 12.8. The van der Waals surface area contributed by atoms with Gasteiger partial charge in [-0.3, -0.25) is 9.59 Å². The Labute approximate surface area is 132 Å². The maximum Gasteiger partial charge on any atom is 0.308 e. The first kappa shape index (κ1) is 14.9. The molecule has 1 amide bonds. The second kappa shape index (κ2) is 6.01. The Kier molecular flexibility index (Phi) is 4.07. The molecule has 1 saturated heterocycles. The van der Waals surface area contributed by atoms with Crippen molar-refractivity contribution < 1.29 is 14.7 Å². The van der Waals surface area contributed by atoms with Crippen LogP contribution in [0.1, 0.15) is 18.4 Å². The van der Waals surface area contributed by atoms with Crippen molar-refractivity contribution in [2.75, 3.05) is 13.1 Å². The van der Waals surface area contributed by atoms with Crippen LogP contribution in [-0.2, 0) is 16.0 Å². The molecule has 0 bridgehead atoms. The number of aromatic amines is 1. The Morgan fingerprint density at radius 2 is 2.23 bits per heavy atom. The van der Waals surface area contributed by atoms with Gasteiger partial charge in [0.15, 0.2) is 0 Å². The highest BCUT2D eigenvalue weighted by atomic mass is 35.5. The van der Waals surface area contributed by atoms with E-state index in [1.807, 2.05) is 18.3 Å². The lowest BCUT2D eigenvalue weighted by Gasteiger charge is -2.30. The topological polar surface area (TPSA) is 73.4 Å². The number of fused-ring (bicyclic) bond motifs is 1. The second-order valence-corrected chi connectivity index (χ2v) is 6.13. The molecule has 0 radical (unpaired) electrons. The number of piperidine rings is 1. The molecule has 1 aromatic heterocycles. The summed E-state index contributed by atoms with van der Waals surface area (Å²) in [5, 5.41) is 10.7. The average molecular weight is 321 g/mol. The summed E-state index contributed by atoms with van der Waals surface area (Å²) >= 11 is 6.01. The van der Waals surface area contributed by atoms with Gasteiger partial charge in [-0.15, -0.1) is 0 Å². The van der Waals surface area contributed by atoms with Gasteiger partial charge >= 0.3 is 5.97 Å². The van der Waals surface area contributed by atoms with Gasteiger partial charge in [0.1, 0.15) is 0 Å². The monoisotopic (exact) mass is 320 g/mol. The van der Waals surface area contributed by atoms with E-state index in [4.69, 9.17) is 16.7 Å². The van der Waals surface area contributed by atoms with Crippen molar-refractivity contribution in [1.82, 2.24) is 9.88 Å². The molecule has 2 aromatic rings. The van der Waals surface area contributed by atoms with Crippen LogP contribution in [0, 0.1) is 5.92 Å². The Morgan fingerprint density at radius 3 is 3.00 bits per heavy atom. The number of carboxylic acids is 1. The number of rotatable bonds is 3. The van der Waals surface area contributed by atoms with Crippen LogP contribution >= 0.6 is 11.6 Å². The van der Waals surface area contributed by atoms with Gasteiger partial charge in [0.2, 0.25) is 5.91 Å². The first-order chi connectivity index (χ1) is 10.5. The number of carboxylic acid groups (broad SMARTS) is 1. The van der Waals surface area contributed by atoms with Gasteiger partial charge in [-0.05, 0) is 36.6 Å². The summed E-state index contributed by atoms with van der Waals surface area (Å²) in [6.45, 7) is 0.934. The van der Waals surface area contributed by atoms with Crippen molar-refractivity contribution in [2.45, 2.75) is 19.3 Å². The van der Waals surface area contributed by atoms with Crippen LogP contribution in [0.25, 0.3) is 10.9 Å². The number of H-pyrrole nitrogens is 1. The standard InChI is InChI=1S/C16H17ClN2O3/c17-12-3-4-14-13(7-12)11(8-18-14)6-15(20)19-5-1-2-10(9-19)16(21)22/h3-4,7-8,10,18H,1-2,5-6,9H2,(H,21,22)/t10-/m0/s1. The molecule has 22 heavy (non-hydrogen) atoms. The SMILES string of the molecule is O=C(O)[C@H]1CCCN(C(=O)Cc2c[nH]c3ccc(Cl)cc23)C1. The van der Waals surface area contributed by atoms with E-state index in [0.717, 1.165) is 22.9 Å². The van der Waals surface area contributed by atoms with Crippen molar-refractivity contribution in [3.8, 4) is 0 Å². The number of hydrogen-bond acceptors (Lipinski definition) is 2. The average Bonchev–Trinajstić information content (AvgIpc) is 2.89. The summed E-state index contributed by atoms with van der Waals surface area (Å²) in [7, 11) is 0. The van der Waals surface area contributed by atoms with Crippen molar-refractivity contribution in [1.29, 1.82) is 0 Å². The van der Waals surface area contributed by atoms with Crippen LogP contribution in [-0.4, -0.2) is 40.0 Å². The lowest BCUT2D eigenvalue weighted by Crippen LogP contribution is -2.42. The number of likely N-dealkylation sites (tertiary alicyclic amines) is 1.